The molecule has 0 N–H and O–H groups in total. The SMILES string of the molecule is CC(C)(C)c1[c-]c2c(cc1)-c1ccc(C(C)(C)C)cc1C2.CC(C)C[Si](=[Zr+2])CC(C)C.[Cl-].[Cl-].c1cc[cH-]c1. The Morgan fingerprint density at radius 3 is 1.76 bits per heavy atom. The molecule has 0 aromatic heterocycles. The standard InChI is InChI=1S/C21H25.C8H18Si.C5H5.2ClH.Zr/c1-20(2,3)16-7-9-18-14(12-16)11-15-13-17(21(4,5)6)8-10-19(15)18;1-7(2)5-9-6-8(3)4;1-2-4-5-3-1;;;/h7-10,12H,11H2,1-6H3;7-8H,5-6H2,1-4H3;1-5H;2*1H;/q-1;;-1;;;+2/p-2. The van der Waals surface area contributed by atoms with Gasteiger partial charge in [-0.15, -0.1) is 11.1 Å². The maximum absolute atomic E-state index is 3.67. The molecule has 0 aliphatic heterocycles. The molecule has 0 atom stereocenters. The Bertz CT molecular complexity index is 1010. The summed E-state index contributed by atoms with van der Waals surface area (Å²) in [7, 11) is 0. The fourth-order valence-electron chi connectivity index (χ4n) is 4.42. The van der Waals surface area contributed by atoms with Crippen LogP contribution in [-0.2, 0) is 40.6 Å². The van der Waals surface area contributed by atoms with Crippen molar-refractivity contribution in [3.8, 4) is 11.1 Å². The van der Waals surface area contributed by atoms with Crippen molar-refractivity contribution < 1.29 is 48.1 Å². The summed E-state index contributed by atoms with van der Waals surface area (Å²) in [4.78, 5) is 0. The van der Waals surface area contributed by atoms with E-state index in [2.05, 4.69) is 106 Å². The van der Waals surface area contributed by atoms with Gasteiger partial charge < -0.3 is 24.8 Å². The minimum atomic E-state index is 0. The number of rotatable bonds is 4. The first-order valence-corrected chi connectivity index (χ1v) is 19.2. The minimum Gasteiger partial charge on any atom is -1.00 e. The summed E-state index contributed by atoms with van der Waals surface area (Å²) in [6, 6.07) is 28.2. The van der Waals surface area contributed by atoms with Crippen LogP contribution in [0.5, 0.6) is 0 Å². The van der Waals surface area contributed by atoms with E-state index in [4.69, 9.17) is 0 Å². The van der Waals surface area contributed by atoms with Crippen LogP contribution in [0.1, 0.15) is 91.5 Å². The van der Waals surface area contributed by atoms with Gasteiger partial charge in [-0.1, -0.05) is 65.3 Å². The van der Waals surface area contributed by atoms with Crippen molar-refractivity contribution in [2.45, 2.75) is 98.6 Å². The van der Waals surface area contributed by atoms with Gasteiger partial charge in [0.25, 0.3) is 0 Å². The van der Waals surface area contributed by atoms with Gasteiger partial charge >= 0.3 is 80.4 Å². The molecule has 0 saturated carbocycles. The van der Waals surface area contributed by atoms with Crippen LogP contribution in [0, 0.1) is 17.9 Å². The third-order valence-corrected chi connectivity index (χ3v) is 12.0. The fourth-order valence-corrected chi connectivity index (χ4v) is 12.6. The molecule has 0 amide bonds. The van der Waals surface area contributed by atoms with E-state index in [9.17, 15) is 0 Å². The Labute approximate surface area is 262 Å². The van der Waals surface area contributed by atoms with E-state index >= 15 is 0 Å². The quantitative estimate of drug-likeness (QED) is 0.233. The number of halogens is 2. The van der Waals surface area contributed by atoms with Crippen LogP contribution >= 0.6 is 0 Å². The van der Waals surface area contributed by atoms with Crippen LogP contribution in [0.25, 0.3) is 11.1 Å². The minimum absolute atomic E-state index is 0. The summed E-state index contributed by atoms with van der Waals surface area (Å²) in [5.41, 5.74) is 8.81. The first-order valence-electron chi connectivity index (χ1n) is 13.6. The number of hydrogen-bond donors (Lipinski definition) is 0. The van der Waals surface area contributed by atoms with Crippen molar-refractivity contribution in [3.05, 3.63) is 89.0 Å². The van der Waals surface area contributed by atoms with Gasteiger partial charge in [-0.2, -0.15) is 42.0 Å². The van der Waals surface area contributed by atoms with E-state index in [1.807, 2.05) is 53.7 Å². The third-order valence-electron chi connectivity index (χ3n) is 6.33. The summed E-state index contributed by atoms with van der Waals surface area (Å²) in [5, 5.41) is 0. The number of fused-ring (bicyclic) bond motifs is 3. The second-order valence-corrected chi connectivity index (χ2v) is 20.3. The third kappa shape index (κ3) is 12.3. The zero-order valence-corrected chi connectivity index (χ0v) is 30.3. The molecule has 3 aromatic carbocycles. The Hall–Kier alpha value is -0.530. The van der Waals surface area contributed by atoms with Crippen LogP contribution in [-0.4, -0.2) is 5.43 Å². The number of benzene rings is 2. The van der Waals surface area contributed by atoms with Gasteiger partial charge in [0, 0.05) is 0 Å². The topological polar surface area (TPSA) is 0 Å². The van der Waals surface area contributed by atoms with Crippen LogP contribution in [0.2, 0.25) is 12.1 Å². The zero-order chi connectivity index (χ0) is 27.1. The van der Waals surface area contributed by atoms with E-state index in [0.717, 1.165) is 18.3 Å². The van der Waals surface area contributed by atoms with E-state index < -0.39 is 0 Å². The number of hydrogen-bond acceptors (Lipinski definition) is 0. The molecule has 0 saturated heterocycles. The summed E-state index contributed by atoms with van der Waals surface area (Å²) >= 11 is 1.83. The van der Waals surface area contributed by atoms with Gasteiger partial charge in [0.1, 0.15) is 0 Å². The van der Waals surface area contributed by atoms with E-state index in [1.165, 1.54) is 45.5 Å². The first kappa shape index (κ1) is 37.5. The van der Waals surface area contributed by atoms with E-state index in [1.54, 1.807) is 0 Å². The summed E-state index contributed by atoms with van der Waals surface area (Å²) in [6.07, 6.45) is 1.03. The monoisotopic (exact) mass is 644 g/mol. The molecule has 0 spiro atoms. The normalized spacial score (nSPS) is 11.7. The molecule has 1 aliphatic rings. The molecular weight excluding hydrogens is 599 g/mol. The van der Waals surface area contributed by atoms with Gasteiger partial charge in [0.05, 0.1) is 0 Å². The smallest absolute Gasteiger partial charge is 0.172 e. The Morgan fingerprint density at radius 2 is 1.34 bits per heavy atom. The molecule has 38 heavy (non-hydrogen) atoms. The first-order chi connectivity index (χ1) is 16.7. The molecule has 0 bridgehead atoms. The molecule has 3 aromatic rings. The van der Waals surface area contributed by atoms with Crippen molar-refractivity contribution in [2.24, 2.45) is 11.8 Å². The Morgan fingerprint density at radius 1 is 0.816 bits per heavy atom. The second kappa shape index (κ2) is 16.7. The Balaban J connectivity index is 0.000000676. The summed E-state index contributed by atoms with van der Waals surface area (Å²) in [6.45, 7) is 23.0. The largest absolute Gasteiger partial charge is 1.00 e. The molecule has 0 unspecified atom stereocenters. The van der Waals surface area contributed by atoms with Crippen molar-refractivity contribution >= 4 is 5.43 Å². The van der Waals surface area contributed by atoms with E-state index in [-0.39, 0.29) is 41.1 Å². The molecule has 0 heterocycles. The van der Waals surface area contributed by atoms with Crippen molar-refractivity contribution in [1.82, 2.24) is 0 Å². The van der Waals surface area contributed by atoms with Crippen LogP contribution in [0.15, 0.2) is 60.7 Å². The van der Waals surface area contributed by atoms with Gasteiger partial charge in [0.2, 0.25) is 0 Å². The van der Waals surface area contributed by atoms with Crippen molar-refractivity contribution in [1.29, 1.82) is 0 Å². The van der Waals surface area contributed by atoms with E-state index in [0.29, 0.717) is 0 Å². The van der Waals surface area contributed by atoms with Crippen LogP contribution in [0.4, 0.5) is 0 Å². The molecule has 4 heteroatoms. The maximum Gasteiger partial charge on any atom is -0.172 e. The second-order valence-electron chi connectivity index (χ2n) is 13.1. The maximum atomic E-state index is 3.67. The predicted octanol–water partition coefficient (Wildman–Crippen LogP) is 3.90. The van der Waals surface area contributed by atoms with Crippen LogP contribution < -0.4 is 24.8 Å². The molecular formula is C34H48Cl2SiZr-2. The molecule has 208 valence electrons. The molecule has 4 rings (SSSR count). The summed E-state index contributed by atoms with van der Waals surface area (Å²) in [5.74, 6) is 1.87. The predicted molar refractivity (Wildman–Crippen MR) is 158 cm³/mol. The average molecular weight is 647 g/mol. The van der Waals surface area contributed by atoms with Crippen molar-refractivity contribution in [2.75, 3.05) is 0 Å². The molecule has 0 radical (unpaired) electrons. The summed E-state index contributed by atoms with van der Waals surface area (Å²) < 4.78 is 0. The average Bonchev–Trinajstić information content (AvgIpc) is 3.42. The molecule has 0 fully saturated rings. The molecule has 0 nitrogen and oxygen atoms in total. The van der Waals surface area contributed by atoms with Gasteiger partial charge in [0.15, 0.2) is 0 Å². The Kier molecular flexibility index (Phi) is 16.4. The molecule has 1 aliphatic carbocycles. The zero-order valence-electron chi connectivity index (χ0n) is 25.3. The van der Waals surface area contributed by atoms with Crippen molar-refractivity contribution in [3.63, 3.8) is 0 Å². The van der Waals surface area contributed by atoms with Gasteiger partial charge in [-0.05, 0) is 28.4 Å². The fraction of sp³-hybridized carbons (Fsp3) is 0.500. The van der Waals surface area contributed by atoms with Gasteiger partial charge in [-0.3, -0.25) is 0 Å². The van der Waals surface area contributed by atoms with Gasteiger partial charge in [-0.25, -0.2) is 12.1 Å². The van der Waals surface area contributed by atoms with Crippen LogP contribution in [0.3, 0.4) is 0 Å².